The minimum absolute atomic E-state index is 0.160. The van der Waals surface area contributed by atoms with Crippen LogP contribution in [-0.4, -0.2) is 53.8 Å². The number of aromatic nitrogens is 1. The second kappa shape index (κ2) is 7.04. The van der Waals surface area contributed by atoms with Crippen molar-refractivity contribution in [2.75, 3.05) is 37.6 Å². The number of aryl methyl sites for hydroxylation is 1. The number of rotatable bonds is 3. The average Bonchev–Trinajstić information content (AvgIpc) is 2.94. The SMILES string of the molecule is Cc1nc(N2CCC[C@H](CN3CC[C@@H](O)C3)C2)c(Cl)cc1C#N. The van der Waals surface area contributed by atoms with E-state index < -0.39 is 0 Å². The van der Waals surface area contributed by atoms with Crippen molar-refractivity contribution >= 4 is 17.4 Å². The fourth-order valence-corrected chi connectivity index (χ4v) is 3.92. The number of piperidine rings is 1. The monoisotopic (exact) mass is 334 g/mol. The Morgan fingerprint density at radius 1 is 1.39 bits per heavy atom. The zero-order chi connectivity index (χ0) is 16.4. The summed E-state index contributed by atoms with van der Waals surface area (Å²) in [6.45, 7) is 6.56. The number of hydrogen-bond donors (Lipinski definition) is 1. The van der Waals surface area contributed by atoms with Gasteiger partial charge in [-0.25, -0.2) is 4.98 Å². The summed E-state index contributed by atoms with van der Waals surface area (Å²) >= 11 is 6.35. The quantitative estimate of drug-likeness (QED) is 0.918. The van der Waals surface area contributed by atoms with Gasteiger partial charge in [0, 0.05) is 32.7 Å². The second-order valence-electron chi connectivity index (χ2n) is 6.69. The first-order chi connectivity index (χ1) is 11.1. The van der Waals surface area contributed by atoms with Crippen LogP contribution in [0.1, 0.15) is 30.5 Å². The molecule has 1 aromatic heterocycles. The zero-order valence-corrected chi connectivity index (χ0v) is 14.3. The maximum Gasteiger partial charge on any atom is 0.147 e. The Hall–Kier alpha value is -1.35. The molecule has 2 saturated heterocycles. The summed E-state index contributed by atoms with van der Waals surface area (Å²) < 4.78 is 0. The van der Waals surface area contributed by atoms with Crippen LogP contribution >= 0.6 is 11.6 Å². The molecule has 0 unspecified atom stereocenters. The van der Waals surface area contributed by atoms with E-state index in [2.05, 4.69) is 20.9 Å². The van der Waals surface area contributed by atoms with E-state index in [9.17, 15) is 5.11 Å². The van der Waals surface area contributed by atoms with Crippen molar-refractivity contribution in [1.29, 1.82) is 5.26 Å². The predicted molar refractivity (Wildman–Crippen MR) is 90.7 cm³/mol. The van der Waals surface area contributed by atoms with Gasteiger partial charge in [-0.3, -0.25) is 0 Å². The Morgan fingerprint density at radius 2 is 2.22 bits per heavy atom. The van der Waals surface area contributed by atoms with Crippen LogP contribution in [0.3, 0.4) is 0 Å². The Balaban J connectivity index is 1.69. The van der Waals surface area contributed by atoms with Gasteiger partial charge in [0.05, 0.1) is 22.4 Å². The number of nitrogens with zero attached hydrogens (tertiary/aromatic N) is 4. The van der Waals surface area contributed by atoms with E-state index in [-0.39, 0.29) is 6.10 Å². The van der Waals surface area contributed by atoms with E-state index in [1.807, 2.05) is 6.92 Å². The molecule has 0 radical (unpaired) electrons. The van der Waals surface area contributed by atoms with Gasteiger partial charge in [0.2, 0.25) is 0 Å². The Morgan fingerprint density at radius 3 is 2.91 bits per heavy atom. The summed E-state index contributed by atoms with van der Waals surface area (Å²) in [5.41, 5.74) is 1.27. The van der Waals surface area contributed by atoms with Gasteiger partial charge < -0.3 is 14.9 Å². The van der Waals surface area contributed by atoms with E-state index in [0.717, 1.165) is 57.1 Å². The van der Waals surface area contributed by atoms with Crippen LogP contribution in [0.25, 0.3) is 0 Å². The Bertz CT molecular complexity index is 615. The lowest BCUT2D eigenvalue weighted by molar-refractivity contribution is 0.167. The molecular formula is C17H23ClN4O. The molecule has 3 heterocycles. The van der Waals surface area contributed by atoms with Gasteiger partial charge in [0.25, 0.3) is 0 Å². The highest BCUT2D eigenvalue weighted by atomic mass is 35.5. The summed E-state index contributed by atoms with van der Waals surface area (Å²) in [5, 5.41) is 19.3. The van der Waals surface area contributed by atoms with E-state index in [4.69, 9.17) is 16.9 Å². The summed E-state index contributed by atoms with van der Waals surface area (Å²) in [7, 11) is 0. The lowest BCUT2D eigenvalue weighted by Gasteiger charge is -2.36. The van der Waals surface area contributed by atoms with Crippen molar-refractivity contribution in [1.82, 2.24) is 9.88 Å². The molecular weight excluding hydrogens is 312 g/mol. The fraction of sp³-hybridized carbons (Fsp3) is 0.647. The number of aliphatic hydroxyl groups is 1. The maximum atomic E-state index is 9.67. The molecule has 1 N–H and O–H groups in total. The summed E-state index contributed by atoms with van der Waals surface area (Å²) in [6, 6.07) is 3.85. The molecule has 2 aliphatic heterocycles. The van der Waals surface area contributed by atoms with Crippen molar-refractivity contribution in [3.05, 3.63) is 22.3 Å². The van der Waals surface area contributed by atoms with E-state index >= 15 is 0 Å². The molecule has 0 spiro atoms. The third-order valence-corrected chi connectivity index (χ3v) is 5.13. The van der Waals surface area contributed by atoms with Crippen LogP contribution in [0.2, 0.25) is 5.02 Å². The summed E-state index contributed by atoms with van der Waals surface area (Å²) in [6.07, 6.45) is 3.05. The zero-order valence-electron chi connectivity index (χ0n) is 13.5. The molecule has 0 bridgehead atoms. The molecule has 0 aliphatic carbocycles. The molecule has 23 heavy (non-hydrogen) atoms. The maximum absolute atomic E-state index is 9.67. The second-order valence-corrected chi connectivity index (χ2v) is 7.10. The van der Waals surface area contributed by atoms with Gasteiger partial charge in [-0.05, 0) is 38.2 Å². The number of hydrogen-bond acceptors (Lipinski definition) is 5. The van der Waals surface area contributed by atoms with E-state index in [1.165, 1.54) is 6.42 Å². The van der Waals surface area contributed by atoms with Gasteiger partial charge >= 0.3 is 0 Å². The van der Waals surface area contributed by atoms with Crippen LogP contribution in [0, 0.1) is 24.2 Å². The first-order valence-corrected chi connectivity index (χ1v) is 8.67. The highest BCUT2D eigenvalue weighted by molar-refractivity contribution is 6.33. The van der Waals surface area contributed by atoms with E-state index in [0.29, 0.717) is 16.5 Å². The molecule has 5 nitrogen and oxygen atoms in total. The average molecular weight is 335 g/mol. The van der Waals surface area contributed by atoms with Crippen LogP contribution in [0.4, 0.5) is 5.82 Å². The molecule has 2 aliphatic rings. The number of aliphatic hydroxyl groups excluding tert-OH is 1. The molecule has 3 rings (SSSR count). The van der Waals surface area contributed by atoms with Gasteiger partial charge in [-0.15, -0.1) is 0 Å². The highest BCUT2D eigenvalue weighted by Gasteiger charge is 2.27. The van der Waals surface area contributed by atoms with Crippen LogP contribution in [0.15, 0.2) is 6.07 Å². The first kappa shape index (κ1) is 16.5. The lowest BCUT2D eigenvalue weighted by Crippen LogP contribution is -2.41. The number of β-amino-alcohol motifs (C(OH)–C–C–N with tert-alkyl or cyclic N) is 1. The topological polar surface area (TPSA) is 63.4 Å². The van der Waals surface area contributed by atoms with Crippen molar-refractivity contribution in [3.63, 3.8) is 0 Å². The highest BCUT2D eigenvalue weighted by Crippen LogP contribution is 2.30. The van der Waals surface area contributed by atoms with Gasteiger partial charge in [0.15, 0.2) is 0 Å². The third kappa shape index (κ3) is 3.77. The molecule has 124 valence electrons. The third-order valence-electron chi connectivity index (χ3n) is 4.85. The van der Waals surface area contributed by atoms with Crippen molar-refractivity contribution in [2.24, 2.45) is 5.92 Å². The van der Waals surface area contributed by atoms with Gasteiger partial charge in [0.1, 0.15) is 11.9 Å². The fourth-order valence-electron chi connectivity index (χ4n) is 3.65. The Labute approximate surface area is 142 Å². The summed E-state index contributed by atoms with van der Waals surface area (Å²) in [4.78, 5) is 9.17. The standard InChI is InChI=1S/C17H23ClN4O/c1-12-14(8-19)7-16(18)17(20-12)22-5-2-3-13(10-22)9-21-6-4-15(23)11-21/h7,13,15,23H,2-6,9-11H2,1H3/t13-,15-/m1/s1. The number of anilines is 1. The van der Waals surface area contributed by atoms with Crippen molar-refractivity contribution in [3.8, 4) is 6.07 Å². The first-order valence-electron chi connectivity index (χ1n) is 8.29. The van der Waals surface area contributed by atoms with Crippen LogP contribution < -0.4 is 4.90 Å². The minimum Gasteiger partial charge on any atom is -0.392 e. The largest absolute Gasteiger partial charge is 0.392 e. The minimum atomic E-state index is -0.160. The lowest BCUT2D eigenvalue weighted by atomic mass is 9.97. The van der Waals surface area contributed by atoms with Crippen LogP contribution in [0.5, 0.6) is 0 Å². The molecule has 2 atom stereocenters. The Kier molecular flexibility index (Phi) is 5.05. The molecule has 0 aromatic carbocycles. The normalized spacial score (nSPS) is 25.6. The van der Waals surface area contributed by atoms with Crippen molar-refractivity contribution in [2.45, 2.75) is 32.3 Å². The van der Waals surface area contributed by atoms with Gasteiger partial charge in [-0.2, -0.15) is 5.26 Å². The van der Waals surface area contributed by atoms with E-state index in [1.54, 1.807) is 6.07 Å². The van der Waals surface area contributed by atoms with Crippen LogP contribution in [-0.2, 0) is 0 Å². The van der Waals surface area contributed by atoms with Crippen molar-refractivity contribution < 1.29 is 5.11 Å². The summed E-state index contributed by atoms with van der Waals surface area (Å²) in [5.74, 6) is 1.37. The number of halogens is 1. The number of nitriles is 1. The molecule has 1 aromatic rings. The van der Waals surface area contributed by atoms with Gasteiger partial charge in [-0.1, -0.05) is 11.6 Å². The predicted octanol–water partition coefficient (Wildman–Crippen LogP) is 2.20. The number of pyridine rings is 1. The molecule has 0 saturated carbocycles. The molecule has 2 fully saturated rings. The molecule has 6 heteroatoms. The smallest absolute Gasteiger partial charge is 0.147 e. The number of likely N-dealkylation sites (tertiary alicyclic amines) is 1. The molecule has 0 amide bonds.